The molecule has 3 N–H and O–H groups in total. The van der Waals surface area contributed by atoms with Crippen molar-refractivity contribution >= 4 is 51.1 Å². The van der Waals surface area contributed by atoms with Crippen LogP contribution >= 0.6 is 23.2 Å². The molecule has 166 valence electrons. The monoisotopic (exact) mass is 472 g/mol. The Morgan fingerprint density at radius 3 is 2.75 bits per heavy atom. The van der Waals surface area contributed by atoms with Gasteiger partial charge in [0.05, 0.1) is 21.6 Å². The third kappa shape index (κ3) is 2.55. The Labute approximate surface area is 193 Å². The van der Waals surface area contributed by atoms with Gasteiger partial charge in [-0.3, -0.25) is 19.1 Å². The maximum absolute atomic E-state index is 13.5. The van der Waals surface area contributed by atoms with Gasteiger partial charge in [0, 0.05) is 37.8 Å². The number of nitrogens with one attached hydrogen (secondary N) is 1. The minimum atomic E-state index is -0.184. The molecule has 0 unspecified atom stereocenters. The highest BCUT2D eigenvalue weighted by Crippen LogP contribution is 2.40. The number of halogens is 2. The van der Waals surface area contributed by atoms with E-state index < -0.39 is 0 Å². The number of piperidine rings is 1. The highest BCUT2D eigenvalue weighted by atomic mass is 35.5. The van der Waals surface area contributed by atoms with Gasteiger partial charge in [-0.25, -0.2) is 0 Å². The lowest BCUT2D eigenvalue weighted by atomic mass is 10.1. The summed E-state index contributed by atoms with van der Waals surface area (Å²) in [4.78, 5) is 20.4. The van der Waals surface area contributed by atoms with Crippen LogP contribution in [0.4, 0.5) is 5.95 Å². The summed E-state index contributed by atoms with van der Waals surface area (Å²) in [6.07, 6.45) is 2.15. The summed E-state index contributed by atoms with van der Waals surface area (Å²) >= 11 is 13.3. The van der Waals surface area contributed by atoms with E-state index in [1.807, 2.05) is 19.1 Å². The van der Waals surface area contributed by atoms with Crippen LogP contribution in [0.25, 0.3) is 33.2 Å². The standard InChI is InChI=1S/C21H22Cl2N8O/c1-3-31-18(23)13-11(28-31)6-5-10(15(13)22)17-14-19(27-26-17)25-21(29(2)20(14)32)30-8-9-4-7-12(30)16(9)24/h5-6,9,12,16H,3-4,7-8,24H2,1-2H3,(H,26,27)/t9-,12-,16-/m1/s1. The summed E-state index contributed by atoms with van der Waals surface area (Å²) in [6, 6.07) is 4.00. The van der Waals surface area contributed by atoms with Crippen molar-refractivity contribution in [1.82, 2.24) is 29.5 Å². The van der Waals surface area contributed by atoms with Crippen molar-refractivity contribution in [1.29, 1.82) is 0 Å². The van der Waals surface area contributed by atoms with Crippen LogP contribution in [-0.4, -0.2) is 48.2 Å². The second kappa shape index (κ2) is 6.94. The Kier molecular flexibility index (Phi) is 4.34. The predicted octanol–water partition coefficient (Wildman–Crippen LogP) is 2.93. The molecule has 0 radical (unpaired) electrons. The summed E-state index contributed by atoms with van der Waals surface area (Å²) in [5.41, 5.74) is 8.40. The normalized spacial score (nSPS) is 22.7. The SMILES string of the molecule is CCn1nc2ccc(-c3[nH]nc4nc(N5C[C@H]6CC[C@@H]5[C@@H]6N)n(C)c(=O)c34)c(Cl)c2c1Cl. The number of fused-ring (bicyclic) bond motifs is 4. The Bertz CT molecular complexity index is 1450. The molecule has 1 aromatic carbocycles. The summed E-state index contributed by atoms with van der Waals surface area (Å²) in [5, 5.41) is 13.7. The average Bonchev–Trinajstić information content (AvgIpc) is 3.53. The van der Waals surface area contributed by atoms with Crippen LogP contribution in [0.3, 0.4) is 0 Å². The molecule has 4 heterocycles. The molecule has 4 aromatic rings. The third-order valence-corrected chi connectivity index (χ3v) is 7.81. The van der Waals surface area contributed by atoms with E-state index in [0.29, 0.717) is 61.8 Å². The summed E-state index contributed by atoms with van der Waals surface area (Å²) in [6.45, 7) is 3.40. The van der Waals surface area contributed by atoms with Gasteiger partial charge in [-0.05, 0) is 37.8 Å². The zero-order valence-corrected chi connectivity index (χ0v) is 19.2. The van der Waals surface area contributed by atoms with Crippen molar-refractivity contribution in [3.63, 3.8) is 0 Å². The quantitative estimate of drug-likeness (QED) is 0.474. The van der Waals surface area contributed by atoms with Crippen LogP contribution in [0.2, 0.25) is 10.2 Å². The first-order valence-corrected chi connectivity index (χ1v) is 11.5. The Morgan fingerprint density at radius 2 is 2.06 bits per heavy atom. The fourth-order valence-corrected chi connectivity index (χ4v) is 6.07. The maximum Gasteiger partial charge on any atom is 0.266 e. The van der Waals surface area contributed by atoms with Gasteiger partial charge in [0.1, 0.15) is 10.5 Å². The molecule has 1 aliphatic carbocycles. The average molecular weight is 473 g/mol. The van der Waals surface area contributed by atoms with E-state index in [4.69, 9.17) is 33.9 Å². The first-order valence-electron chi connectivity index (χ1n) is 10.7. The number of hydrogen-bond donors (Lipinski definition) is 2. The second-order valence-corrected chi connectivity index (χ2v) is 9.37. The van der Waals surface area contributed by atoms with Gasteiger partial charge in [0.15, 0.2) is 5.65 Å². The van der Waals surface area contributed by atoms with E-state index >= 15 is 0 Å². The molecule has 0 amide bonds. The van der Waals surface area contributed by atoms with Crippen LogP contribution < -0.4 is 16.2 Å². The second-order valence-electron chi connectivity index (χ2n) is 8.64. The van der Waals surface area contributed by atoms with Crippen molar-refractivity contribution in [2.45, 2.75) is 38.4 Å². The first-order chi connectivity index (χ1) is 15.4. The van der Waals surface area contributed by atoms with Crippen molar-refractivity contribution < 1.29 is 0 Å². The van der Waals surface area contributed by atoms with Crippen LogP contribution in [0, 0.1) is 5.92 Å². The summed E-state index contributed by atoms with van der Waals surface area (Å²) < 4.78 is 3.28. The van der Waals surface area contributed by atoms with Crippen LogP contribution in [0.5, 0.6) is 0 Å². The molecule has 32 heavy (non-hydrogen) atoms. The van der Waals surface area contributed by atoms with E-state index in [1.165, 1.54) is 0 Å². The molecule has 1 saturated carbocycles. The number of anilines is 1. The van der Waals surface area contributed by atoms with Gasteiger partial charge in [-0.2, -0.15) is 15.2 Å². The van der Waals surface area contributed by atoms with Crippen molar-refractivity contribution in [3.05, 3.63) is 32.7 Å². The Hall–Kier alpha value is -2.62. The Morgan fingerprint density at radius 1 is 1.25 bits per heavy atom. The minimum Gasteiger partial charge on any atom is -0.337 e. The van der Waals surface area contributed by atoms with Gasteiger partial charge in [0.2, 0.25) is 5.95 Å². The van der Waals surface area contributed by atoms with Gasteiger partial charge >= 0.3 is 0 Å². The smallest absolute Gasteiger partial charge is 0.266 e. The molecule has 11 heteroatoms. The largest absolute Gasteiger partial charge is 0.337 e. The van der Waals surface area contributed by atoms with Crippen LogP contribution in [-0.2, 0) is 13.6 Å². The summed E-state index contributed by atoms with van der Waals surface area (Å²) in [5.74, 6) is 1.05. The van der Waals surface area contributed by atoms with E-state index in [0.717, 1.165) is 19.4 Å². The number of H-pyrrole nitrogens is 1. The number of hydrogen-bond acceptors (Lipinski definition) is 6. The zero-order chi connectivity index (χ0) is 22.3. The topological polar surface area (TPSA) is 111 Å². The molecule has 3 aromatic heterocycles. The maximum atomic E-state index is 13.5. The number of nitrogens with two attached hydrogens (primary N) is 1. The number of aromatic amines is 1. The molecule has 2 bridgehead atoms. The van der Waals surface area contributed by atoms with Crippen molar-refractivity contribution in [3.8, 4) is 11.3 Å². The fourth-order valence-electron chi connectivity index (χ4n) is 5.33. The molecule has 3 atom stereocenters. The van der Waals surface area contributed by atoms with Crippen LogP contribution in [0.1, 0.15) is 19.8 Å². The molecule has 2 aliphatic rings. The van der Waals surface area contributed by atoms with E-state index in [-0.39, 0.29) is 17.6 Å². The lowest BCUT2D eigenvalue weighted by Crippen LogP contribution is -2.40. The van der Waals surface area contributed by atoms with Gasteiger partial charge < -0.3 is 10.6 Å². The molecule has 6 rings (SSSR count). The molecule has 9 nitrogen and oxygen atoms in total. The van der Waals surface area contributed by atoms with Crippen LogP contribution in [0.15, 0.2) is 16.9 Å². The number of rotatable bonds is 3. The molecule has 1 aliphatic heterocycles. The highest BCUT2D eigenvalue weighted by molar-refractivity contribution is 6.43. The van der Waals surface area contributed by atoms with Crippen molar-refractivity contribution in [2.75, 3.05) is 11.4 Å². The highest BCUT2D eigenvalue weighted by Gasteiger charge is 2.46. The van der Waals surface area contributed by atoms with Gasteiger partial charge in [-0.1, -0.05) is 23.2 Å². The summed E-state index contributed by atoms with van der Waals surface area (Å²) in [7, 11) is 1.74. The van der Waals surface area contributed by atoms with Crippen molar-refractivity contribution in [2.24, 2.45) is 18.7 Å². The zero-order valence-electron chi connectivity index (χ0n) is 17.6. The Balaban J connectivity index is 1.52. The first kappa shape index (κ1) is 20.0. The van der Waals surface area contributed by atoms with E-state index in [9.17, 15) is 4.79 Å². The molecule has 2 fully saturated rings. The number of aryl methyl sites for hydroxylation is 1. The fraction of sp³-hybridized carbons (Fsp3) is 0.429. The number of nitrogens with zero attached hydrogens (tertiary/aromatic N) is 6. The number of benzene rings is 1. The molecular weight excluding hydrogens is 451 g/mol. The van der Waals surface area contributed by atoms with E-state index in [2.05, 4.69) is 20.2 Å². The van der Waals surface area contributed by atoms with E-state index in [1.54, 1.807) is 16.3 Å². The van der Waals surface area contributed by atoms with Gasteiger partial charge in [-0.15, -0.1) is 0 Å². The predicted molar refractivity (Wildman–Crippen MR) is 125 cm³/mol. The third-order valence-electron chi connectivity index (χ3n) is 7.03. The minimum absolute atomic E-state index is 0.122. The number of aromatic nitrogens is 6. The lowest BCUT2D eigenvalue weighted by molar-refractivity contribution is 0.530. The molecule has 0 spiro atoms. The van der Waals surface area contributed by atoms with Gasteiger partial charge in [0.25, 0.3) is 5.56 Å². The molecule has 1 saturated heterocycles. The molecular formula is C21H22Cl2N8O. The lowest BCUT2D eigenvalue weighted by Gasteiger charge is -2.29.